The van der Waals surface area contributed by atoms with E-state index in [-0.39, 0.29) is 11.9 Å². The number of carbonyl (C=O) groups excluding carboxylic acids is 1. The molecule has 0 fully saturated rings. The third-order valence-corrected chi connectivity index (χ3v) is 3.41. The van der Waals surface area contributed by atoms with Crippen LogP contribution in [0.3, 0.4) is 0 Å². The van der Waals surface area contributed by atoms with Gasteiger partial charge in [-0.05, 0) is 20.3 Å². The number of hydrogen-bond acceptors (Lipinski definition) is 5. The van der Waals surface area contributed by atoms with E-state index in [1.165, 1.54) is 0 Å². The van der Waals surface area contributed by atoms with Crippen LogP contribution >= 0.6 is 0 Å². The molecule has 0 aliphatic heterocycles. The first-order valence-corrected chi connectivity index (χ1v) is 7.60. The number of carbonyl (C=O) groups is 1. The van der Waals surface area contributed by atoms with Crippen LogP contribution < -0.4 is 16.0 Å². The van der Waals surface area contributed by atoms with Gasteiger partial charge in [0.2, 0.25) is 5.91 Å². The Morgan fingerprint density at radius 1 is 1.24 bits per heavy atom. The summed E-state index contributed by atoms with van der Waals surface area (Å²) in [6.45, 7) is 8.61. The van der Waals surface area contributed by atoms with Crippen LogP contribution in [0, 0.1) is 6.92 Å². The minimum Gasteiger partial charge on any atom is -0.373 e. The van der Waals surface area contributed by atoms with E-state index in [0.717, 1.165) is 35.9 Å². The molecule has 1 rings (SSSR count). The van der Waals surface area contributed by atoms with Crippen LogP contribution in [0.15, 0.2) is 0 Å². The number of hydrogen-bond donors (Lipinski definition) is 3. The summed E-state index contributed by atoms with van der Waals surface area (Å²) >= 11 is 0. The molecule has 0 spiro atoms. The van der Waals surface area contributed by atoms with Crippen molar-refractivity contribution in [1.82, 2.24) is 15.3 Å². The summed E-state index contributed by atoms with van der Waals surface area (Å²) in [7, 11) is 1.85. The summed E-state index contributed by atoms with van der Waals surface area (Å²) in [5.41, 5.74) is 0.969. The largest absolute Gasteiger partial charge is 0.373 e. The smallest absolute Gasteiger partial charge is 0.221 e. The van der Waals surface area contributed by atoms with E-state index in [1.54, 1.807) is 0 Å². The van der Waals surface area contributed by atoms with Crippen molar-refractivity contribution in [2.45, 2.75) is 53.0 Å². The van der Waals surface area contributed by atoms with Crippen LogP contribution in [-0.2, 0) is 11.2 Å². The van der Waals surface area contributed by atoms with E-state index >= 15 is 0 Å². The van der Waals surface area contributed by atoms with Gasteiger partial charge in [0.1, 0.15) is 17.5 Å². The molecule has 1 aromatic heterocycles. The zero-order valence-corrected chi connectivity index (χ0v) is 13.7. The van der Waals surface area contributed by atoms with Gasteiger partial charge in [-0.15, -0.1) is 0 Å². The van der Waals surface area contributed by atoms with Crippen molar-refractivity contribution in [2.24, 2.45) is 0 Å². The minimum atomic E-state index is 0.0631. The molecule has 6 heteroatoms. The molecule has 1 aromatic rings. The molecule has 0 bridgehead atoms. The van der Waals surface area contributed by atoms with Crippen molar-refractivity contribution in [2.75, 3.05) is 24.2 Å². The van der Waals surface area contributed by atoms with Crippen molar-refractivity contribution in [3.63, 3.8) is 0 Å². The predicted molar refractivity (Wildman–Crippen MR) is 86.7 cm³/mol. The molecule has 1 amide bonds. The lowest BCUT2D eigenvalue weighted by Gasteiger charge is -2.14. The Bertz CT molecular complexity index is 475. The molecule has 1 heterocycles. The third-order valence-electron chi connectivity index (χ3n) is 3.41. The molecule has 0 saturated carbocycles. The van der Waals surface area contributed by atoms with Crippen molar-refractivity contribution in [1.29, 1.82) is 0 Å². The summed E-state index contributed by atoms with van der Waals surface area (Å²) in [5.74, 6) is 2.47. The molecule has 0 aliphatic rings. The number of amides is 1. The lowest BCUT2D eigenvalue weighted by atomic mass is 10.2. The summed E-state index contributed by atoms with van der Waals surface area (Å²) in [6, 6.07) is 0.223. The van der Waals surface area contributed by atoms with Crippen molar-refractivity contribution >= 4 is 17.5 Å². The number of nitrogens with one attached hydrogen (secondary N) is 3. The van der Waals surface area contributed by atoms with Crippen LogP contribution in [0.5, 0.6) is 0 Å². The van der Waals surface area contributed by atoms with Gasteiger partial charge in [-0.3, -0.25) is 4.79 Å². The topological polar surface area (TPSA) is 78.9 Å². The second-order valence-electron chi connectivity index (χ2n) is 5.12. The molecule has 3 N–H and O–H groups in total. The van der Waals surface area contributed by atoms with Gasteiger partial charge in [0.15, 0.2) is 0 Å². The average Bonchev–Trinajstić information content (AvgIpc) is 2.48. The Balaban J connectivity index is 2.61. The van der Waals surface area contributed by atoms with E-state index in [2.05, 4.69) is 32.8 Å². The highest BCUT2D eigenvalue weighted by atomic mass is 16.1. The first-order chi connectivity index (χ1) is 10.0. The summed E-state index contributed by atoms with van der Waals surface area (Å²) in [5, 5.41) is 9.26. The van der Waals surface area contributed by atoms with E-state index < -0.39 is 0 Å². The number of nitrogens with zero attached hydrogens (tertiary/aromatic N) is 2. The zero-order chi connectivity index (χ0) is 15.8. The van der Waals surface area contributed by atoms with Gasteiger partial charge < -0.3 is 16.0 Å². The fourth-order valence-corrected chi connectivity index (χ4v) is 1.88. The van der Waals surface area contributed by atoms with Gasteiger partial charge in [-0.1, -0.05) is 13.8 Å². The van der Waals surface area contributed by atoms with Crippen molar-refractivity contribution < 1.29 is 4.79 Å². The molecule has 21 heavy (non-hydrogen) atoms. The molecule has 0 saturated heterocycles. The van der Waals surface area contributed by atoms with Crippen LogP contribution in [-0.4, -0.2) is 35.5 Å². The quantitative estimate of drug-likeness (QED) is 0.684. The Morgan fingerprint density at radius 2 is 1.90 bits per heavy atom. The van der Waals surface area contributed by atoms with Crippen LogP contribution in [0.1, 0.15) is 45.0 Å². The van der Waals surface area contributed by atoms with Crippen LogP contribution in [0.2, 0.25) is 0 Å². The van der Waals surface area contributed by atoms with E-state index in [9.17, 15) is 4.79 Å². The molecule has 1 unspecified atom stereocenters. The van der Waals surface area contributed by atoms with Crippen LogP contribution in [0.25, 0.3) is 0 Å². The fourth-order valence-electron chi connectivity index (χ4n) is 1.88. The Kier molecular flexibility index (Phi) is 6.91. The molecular formula is C15H27N5O. The van der Waals surface area contributed by atoms with Gasteiger partial charge in [0.25, 0.3) is 0 Å². The molecule has 118 valence electrons. The van der Waals surface area contributed by atoms with Crippen molar-refractivity contribution in [3.05, 3.63) is 11.4 Å². The monoisotopic (exact) mass is 293 g/mol. The van der Waals surface area contributed by atoms with Crippen molar-refractivity contribution in [3.8, 4) is 0 Å². The summed E-state index contributed by atoms with van der Waals surface area (Å²) in [4.78, 5) is 20.6. The molecule has 0 radical (unpaired) electrons. The minimum absolute atomic E-state index is 0.0631. The van der Waals surface area contributed by atoms with Gasteiger partial charge in [0, 0.05) is 38.0 Å². The maximum absolute atomic E-state index is 11.7. The van der Waals surface area contributed by atoms with E-state index in [0.29, 0.717) is 13.0 Å². The van der Waals surface area contributed by atoms with Gasteiger partial charge in [-0.2, -0.15) is 0 Å². The highest BCUT2D eigenvalue weighted by molar-refractivity contribution is 5.76. The Labute approximate surface area is 127 Å². The normalized spacial score (nSPS) is 11.9. The Hall–Kier alpha value is -1.85. The first-order valence-electron chi connectivity index (χ1n) is 7.60. The molecule has 6 nitrogen and oxygen atoms in total. The highest BCUT2D eigenvalue weighted by Crippen LogP contribution is 2.19. The lowest BCUT2D eigenvalue weighted by molar-refractivity contribution is -0.121. The third kappa shape index (κ3) is 5.21. The van der Waals surface area contributed by atoms with Crippen LogP contribution in [0.4, 0.5) is 11.6 Å². The number of aryl methyl sites for hydroxylation is 1. The second-order valence-corrected chi connectivity index (χ2v) is 5.12. The SMILES string of the molecule is CCc1nc(NC)c(C)c(NCCC(=O)NC(C)CC)n1. The molecule has 1 atom stereocenters. The number of anilines is 2. The zero-order valence-electron chi connectivity index (χ0n) is 13.7. The number of rotatable bonds is 8. The maximum Gasteiger partial charge on any atom is 0.221 e. The maximum atomic E-state index is 11.7. The standard InChI is InChI=1S/C15H27N5O/c1-6-10(3)18-13(21)8-9-17-15-11(4)14(16-5)19-12(7-2)20-15/h10H,6-9H2,1-5H3,(H,18,21)(H2,16,17,19,20). The Morgan fingerprint density at radius 3 is 2.48 bits per heavy atom. The molecule has 0 aliphatic carbocycles. The molecule has 0 aromatic carbocycles. The van der Waals surface area contributed by atoms with Gasteiger partial charge in [0.05, 0.1) is 0 Å². The van der Waals surface area contributed by atoms with E-state index in [4.69, 9.17) is 0 Å². The predicted octanol–water partition coefficient (Wildman–Crippen LogP) is 2.11. The fraction of sp³-hybridized carbons (Fsp3) is 0.667. The summed E-state index contributed by atoms with van der Waals surface area (Å²) < 4.78 is 0. The molecular weight excluding hydrogens is 266 g/mol. The lowest BCUT2D eigenvalue weighted by Crippen LogP contribution is -2.33. The van der Waals surface area contributed by atoms with Gasteiger partial charge in [-0.25, -0.2) is 9.97 Å². The van der Waals surface area contributed by atoms with Gasteiger partial charge >= 0.3 is 0 Å². The second kappa shape index (κ2) is 8.44. The van der Waals surface area contributed by atoms with E-state index in [1.807, 2.05) is 27.8 Å². The first kappa shape index (κ1) is 17.2. The number of aromatic nitrogens is 2. The summed E-state index contributed by atoms with van der Waals surface area (Å²) in [6.07, 6.45) is 2.15. The highest BCUT2D eigenvalue weighted by Gasteiger charge is 2.10. The average molecular weight is 293 g/mol.